The van der Waals surface area contributed by atoms with Gasteiger partial charge >= 0.3 is 0 Å². The molecule has 0 radical (unpaired) electrons. The SMILES string of the molecule is CN(C)C1CCN(C(=O)c2ccc(F)c(Br)c2)CC1. The molecule has 0 spiro atoms. The Kier molecular flexibility index (Phi) is 4.58. The molecule has 1 heterocycles. The van der Waals surface area contributed by atoms with Crippen LogP contribution >= 0.6 is 15.9 Å². The molecule has 1 aliphatic heterocycles. The first kappa shape index (κ1) is 14.5. The van der Waals surface area contributed by atoms with Gasteiger partial charge in [0.05, 0.1) is 4.47 Å². The molecule has 2 rings (SSSR count). The van der Waals surface area contributed by atoms with Gasteiger partial charge in [-0.25, -0.2) is 4.39 Å². The van der Waals surface area contributed by atoms with Crippen molar-refractivity contribution >= 4 is 21.8 Å². The third kappa shape index (κ3) is 3.34. The quantitative estimate of drug-likeness (QED) is 0.833. The van der Waals surface area contributed by atoms with E-state index in [1.54, 1.807) is 12.1 Å². The maximum Gasteiger partial charge on any atom is 0.253 e. The molecule has 0 bridgehead atoms. The highest BCUT2D eigenvalue weighted by Crippen LogP contribution is 2.20. The second kappa shape index (κ2) is 6.01. The number of hydrogen-bond acceptors (Lipinski definition) is 2. The summed E-state index contributed by atoms with van der Waals surface area (Å²) < 4.78 is 13.5. The van der Waals surface area contributed by atoms with Crippen LogP contribution in [0.25, 0.3) is 0 Å². The second-order valence-electron chi connectivity index (χ2n) is 5.12. The molecule has 0 saturated carbocycles. The van der Waals surface area contributed by atoms with Gasteiger partial charge in [0.25, 0.3) is 5.91 Å². The van der Waals surface area contributed by atoms with E-state index in [0.717, 1.165) is 25.9 Å². The van der Waals surface area contributed by atoms with Crippen molar-refractivity contribution in [3.05, 3.63) is 34.1 Å². The van der Waals surface area contributed by atoms with E-state index in [0.29, 0.717) is 16.1 Å². The Hall–Kier alpha value is -0.940. The van der Waals surface area contributed by atoms with Crippen molar-refractivity contribution in [1.29, 1.82) is 0 Å². The molecule has 0 unspecified atom stereocenters. The molecule has 0 N–H and O–H groups in total. The van der Waals surface area contributed by atoms with Gasteiger partial charge in [-0.15, -0.1) is 0 Å². The van der Waals surface area contributed by atoms with Crippen LogP contribution in [0.2, 0.25) is 0 Å². The molecule has 0 aliphatic carbocycles. The van der Waals surface area contributed by atoms with Crippen LogP contribution in [0.4, 0.5) is 4.39 Å². The zero-order valence-corrected chi connectivity index (χ0v) is 12.8. The average Bonchev–Trinajstić information content (AvgIpc) is 2.41. The zero-order chi connectivity index (χ0) is 14.0. The Bertz CT molecular complexity index is 471. The molecule has 0 atom stereocenters. The van der Waals surface area contributed by atoms with Gasteiger partial charge in [-0.2, -0.15) is 0 Å². The minimum absolute atomic E-state index is 0.0158. The monoisotopic (exact) mass is 328 g/mol. The number of benzene rings is 1. The summed E-state index contributed by atoms with van der Waals surface area (Å²) in [6.07, 6.45) is 1.97. The summed E-state index contributed by atoms with van der Waals surface area (Å²) in [6.45, 7) is 1.52. The smallest absolute Gasteiger partial charge is 0.253 e. The van der Waals surface area contributed by atoms with Gasteiger partial charge in [-0.3, -0.25) is 4.79 Å². The number of hydrogen-bond donors (Lipinski definition) is 0. The van der Waals surface area contributed by atoms with Gasteiger partial charge in [-0.1, -0.05) is 0 Å². The summed E-state index contributed by atoms with van der Waals surface area (Å²) in [7, 11) is 4.14. The molecule has 1 fully saturated rings. The van der Waals surface area contributed by atoms with Gasteiger partial charge < -0.3 is 9.80 Å². The lowest BCUT2D eigenvalue weighted by Crippen LogP contribution is -2.44. The van der Waals surface area contributed by atoms with Crippen LogP contribution in [0.5, 0.6) is 0 Å². The van der Waals surface area contributed by atoms with E-state index < -0.39 is 0 Å². The molecule has 3 nitrogen and oxygen atoms in total. The minimum Gasteiger partial charge on any atom is -0.339 e. The third-order valence-electron chi connectivity index (χ3n) is 3.65. The van der Waals surface area contributed by atoms with Gasteiger partial charge in [0.15, 0.2) is 0 Å². The summed E-state index contributed by atoms with van der Waals surface area (Å²) in [4.78, 5) is 16.4. The lowest BCUT2D eigenvalue weighted by atomic mass is 10.0. The minimum atomic E-state index is -0.345. The topological polar surface area (TPSA) is 23.6 Å². The van der Waals surface area contributed by atoms with Crippen molar-refractivity contribution in [2.75, 3.05) is 27.2 Å². The van der Waals surface area contributed by atoms with Crippen LogP contribution in [0.3, 0.4) is 0 Å². The van der Waals surface area contributed by atoms with Crippen molar-refractivity contribution < 1.29 is 9.18 Å². The largest absolute Gasteiger partial charge is 0.339 e. The summed E-state index contributed by atoms with van der Waals surface area (Å²) in [5.41, 5.74) is 0.538. The maximum atomic E-state index is 13.2. The Morgan fingerprint density at radius 1 is 1.37 bits per heavy atom. The Labute approximate surface area is 121 Å². The molecule has 0 aromatic heterocycles. The number of amides is 1. The Morgan fingerprint density at radius 3 is 2.53 bits per heavy atom. The fourth-order valence-electron chi connectivity index (χ4n) is 2.40. The molecule has 19 heavy (non-hydrogen) atoms. The van der Waals surface area contributed by atoms with Crippen LogP contribution in [0.1, 0.15) is 23.2 Å². The van der Waals surface area contributed by atoms with Crippen molar-refractivity contribution in [3.8, 4) is 0 Å². The summed E-state index contributed by atoms with van der Waals surface area (Å²) in [5, 5.41) is 0. The van der Waals surface area contributed by atoms with Gasteiger partial charge in [0.1, 0.15) is 5.82 Å². The lowest BCUT2D eigenvalue weighted by Gasteiger charge is -2.35. The van der Waals surface area contributed by atoms with E-state index in [9.17, 15) is 9.18 Å². The number of carbonyl (C=O) groups is 1. The molecule has 1 aromatic carbocycles. The average molecular weight is 329 g/mol. The van der Waals surface area contributed by atoms with Crippen LogP contribution in [-0.2, 0) is 0 Å². The number of piperidine rings is 1. The van der Waals surface area contributed by atoms with Crippen LogP contribution < -0.4 is 0 Å². The summed E-state index contributed by atoms with van der Waals surface area (Å²) in [5.74, 6) is -0.360. The van der Waals surface area contributed by atoms with Crippen molar-refractivity contribution in [2.45, 2.75) is 18.9 Å². The Balaban J connectivity index is 2.03. The van der Waals surface area contributed by atoms with Gasteiger partial charge in [0.2, 0.25) is 0 Å². The van der Waals surface area contributed by atoms with Crippen LogP contribution in [0.15, 0.2) is 22.7 Å². The van der Waals surface area contributed by atoms with E-state index >= 15 is 0 Å². The van der Waals surface area contributed by atoms with Crippen molar-refractivity contribution in [3.63, 3.8) is 0 Å². The van der Waals surface area contributed by atoms with E-state index in [1.807, 2.05) is 4.90 Å². The molecule has 1 aliphatic rings. The standard InChI is InChI=1S/C14H18BrFN2O/c1-17(2)11-5-7-18(8-6-11)14(19)10-3-4-13(16)12(15)9-10/h3-4,9,11H,5-8H2,1-2H3. The van der Waals surface area contributed by atoms with Crippen molar-refractivity contribution in [2.24, 2.45) is 0 Å². The van der Waals surface area contributed by atoms with Gasteiger partial charge in [-0.05, 0) is 61.1 Å². The number of carbonyl (C=O) groups excluding carboxylic acids is 1. The molecule has 1 amide bonds. The highest BCUT2D eigenvalue weighted by molar-refractivity contribution is 9.10. The Morgan fingerprint density at radius 2 is 2.00 bits per heavy atom. The maximum absolute atomic E-state index is 13.2. The summed E-state index contributed by atoms with van der Waals surface area (Å²) >= 11 is 3.11. The van der Waals surface area contributed by atoms with E-state index in [2.05, 4.69) is 34.9 Å². The first-order chi connectivity index (χ1) is 8.99. The lowest BCUT2D eigenvalue weighted by molar-refractivity contribution is 0.0663. The number of nitrogens with zero attached hydrogens (tertiary/aromatic N) is 2. The first-order valence-electron chi connectivity index (χ1n) is 6.40. The molecule has 1 aromatic rings. The highest BCUT2D eigenvalue weighted by atomic mass is 79.9. The number of rotatable bonds is 2. The van der Waals surface area contributed by atoms with Crippen molar-refractivity contribution in [1.82, 2.24) is 9.80 Å². The fraction of sp³-hybridized carbons (Fsp3) is 0.500. The third-order valence-corrected chi connectivity index (χ3v) is 4.26. The molecule has 104 valence electrons. The number of halogens is 2. The molecular formula is C14H18BrFN2O. The van der Waals surface area contributed by atoms with Gasteiger partial charge in [0, 0.05) is 24.7 Å². The van der Waals surface area contributed by atoms with E-state index in [4.69, 9.17) is 0 Å². The summed E-state index contributed by atoms with van der Waals surface area (Å²) in [6, 6.07) is 4.96. The highest BCUT2D eigenvalue weighted by Gasteiger charge is 2.24. The fourth-order valence-corrected chi connectivity index (χ4v) is 2.78. The van der Waals surface area contributed by atoms with E-state index in [1.165, 1.54) is 6.07 Å². The van der Waals surface area contributed by atoms with Crippen LogP contribution in [0, 0.1) is 5.82 Å². The normalized spacial score (nSPS) is 17.0. The molecule has 5 heteroatoms. The zero-order valence-electron chi connectivity index (χ0n) is 11.2. The molecular weight excluding hydrogens is 311 g/mol. The molecule has 1 saturated heterocycles. The number of likely N-dealkylation sites (tertiary alicyclic amines) is 1. The predicted octanol–water partition coefficient (Wildman–Crippen LogP) is 2.75. The predicted molar refractivity (Wildman–Crippen MR) is 76.7 cm³/mol. The van der Waals surface area contributed by atoms with Crippen LogP contribution in [-0.4, -0.2) is 48.9 Å². The van der Waals surface area contributed by atoms with E-state index in [-0.39, 0.29) is 11.7 Å². The second-order valence-corrected chi connectivity index (χ2v) is 5.97. The first-order valence-corrected chi connectivity index (χ1v) is 7.19.